The second-order valence-electron chi connectivity index (χ2n) is 6.19. The molecule has 0 aromatic heterocycles. The maximum Gasteiger partial charge on any atom is 0.120 e. The predicted octanol–water partition coefficient (Wildman–Crippen LogP) is 3.53. The molecule has 2 aliphatic rings. The molecule has 0 unspecified atom stereocenters. The molecule has 2 aliphatic carbocycles. The lowest BCUT2D eigenvalue weighted by molar-refractivity contribution is -0.109. The van der Waals surface area contributed by atoms with Crippen LogP contribution in [0.1, 0.15) is 64.2 Å². The summed E-state index contributed by atoms with van der Waals surface area (Å²) in [5.74, 6) is 1.32. The third-order valence-corrected chi connectivity index (χ3v) is 5.19. The minimum Gasteiger partial charge on any atom is -0.303 e. The number of hydrogen-bond donors (Lipinski definition) is 0. The summed E-state index contributed by atoms with van der Waals surface area (Å²) in [6.07, 6.45) is 14.0. The molecule has 2 rings (SSSR count). The number of rotatable bonds is 4. The van der Waals surface area contributed by atoms with E-state index in [2.05, 4.69) is 0 Å². The monoisotopic (exact) mass is 236 g/mol. The van der Waals surface area contributed by atoms with Crippen LogP contribution in [0.4, 0.5) is 0 Å². The Morgan fingerprint density at radius 1 is 0.765 bits per heavy atom. The lowest BCUT2D eigenvalue weighted by Gasteiger charge is -2.44. The van der Waals surface area contributed by atoms with Crippen LogP contribution in [0.3, 0.4) is 0 Å². The second kappa shape index (κ2) is 5.79. The van der Waals surface area contributed by atoms with Crippen LogP contribution in [-0.4, -0.2) is 12.6 Å². The summed E-state index contributed by atoms with van der Waals surface area (Å²) < 4.78 is 0. The fraction of sp³-hybridized carbons (Fsp3) is 0.867. The highest BCUT2D eigenvalue weighted by atomic mass is 16.1. The number of aldehydes is 2. The van der Waals surface area contributed by atoms with Crippen molar-refractivity contribution < 1.29 is 9.59 Å². The van der Waals surface area contributed by atoms with Crippen LogP contribution in [0.2, 0.25) is 0 Å². The topological polar surface area (TPSA) is 34.1 Å². The van der Waals surface area contributed by atoms with Crippen molar-refractivity contribution >= 4 is 12.6 Å². The van der Waals surface area contributed by atoms with Gasteiger partial charge in [0.15, 0.2) is 0 Å². The first kappa shape index (κ1) is 12.8. The average molecular weight is 236 g/mol. The number of hydrogen-bond acceptors (Lipinski definition) is 2. The van der Waals surface area contributed by atoms with Crippen LogP contribution in [0, 0.1) is 17.3 Å². The normalized spacial score (nSPS) is 37.9. The predicted molar refractivity (Wildman–Crippen MR) is 67.7 cm³/mol. The molecule has 2 heteroatoms. The maximum atomic E-state index is 10.5. The van der Waals surface area contributed by atoms with Crippen molar-refractivity contribution in [3.63, 3.8) is 0 Å². The molecule has 0 saturated heterocycles. The third kappa shape index (κ3) is 3.17. The molecule has 0 radical (unpaired) electrons. The fourth-order valence-electron chi connectivity index (χ4n) is 3.82. The largest absolute Gasteiger partial charge is 0.303 e. The summed E-state index contributed by atoms with van der Waals surface area (Å²) in [5.41, 5.74) is 0.582. The lowest BCUT2D eigenvalue weighted by atomic mass is 9.61. The van der Waals surface area contributed by atoms with E-state index in [4.69, 9.17) is 0 Å². The van der Waals surface area contributed by atoms with Crippen LogP contribution in [0.15, 0.2) is 0 Å². The highest BCUT2D eigenvalue weighted by Gasteiger charge is 2.38. The van der Waals surface area contributed by atoms with Crippen molar-refractivity contribution in [1.82, 2.24) is 0 Å². The Labute approximate surface area is 104 Å². The van der Waals surface area contributed by atoms with Crippen molar-refractivity contribution in [2.24, 2.45) is 17.3 Å². The SMILES string of the molecule is O=CCC1CCC2(CC1)CCC(CC=O)CC2. The molecule has 0 aromatic carbocycles. The van der Waals surface area contributed by atoms with Gasteiger partial charge in [-0.3, -0.25) is 0 Å². The quantitative estimate of drug-likeness (QED) is 0.700. The summed E-state index contributed by atoms with van der Waals surface area (Å²) in [4.78, 5) is 21.0. The van der Waals surface area contributed by atoms with E-state index < -0.39 is 0 Å². The van der Waals surface area contributed by atoms with E-state index in [1.54, 1.807) is 0 Å². The van der Waals surface area contributed by atoms with Gasteiger partial charge in [0.1, 0.15) is 12.6 Å². The van der Waals surface area contributed by atoms with E-state index >= 15 is 0 Å². The van der Waals surface area contributed by atoms with Gasteiger partial charge in [-0.1, -0.05) is 0 Å². The molecule has 0 atom stereocenters. The first-order valence-corrected chi connectivity index (χ1v) is 7.15. The average Bonchev–Trinajstić information content (AvgIpc) is 2.36. The molecule has 0 bridgehead atoms. The Morgan fingerprint density at radius 2 is 1.12 bits per heavy atom. The molecular formula is C15H24O2. The van der Waals surface area contributed by atoms with E-state index in [1.165, 1.54) is 51.4 Å². The highest BCUT2D eigenvalue weighted by molar-refractivity contribution is 5.50. The maximum absolute atomic E-state index is 10.5. The lowest BCUT2D eigenvalue weighted by Crippen LogP contribution is -2.32. The molecular weight excluding hydrogens is 212 g/mol. The van der Waals surface area contributed by atoms with Gasteiger partial charge in [-0.05, 0) is 68.6 Å². The van der Waals surface area contributed by atoms with Crippen molar-refractivity contribution in [3.05, 3.63) is 0 Å². The Bertz CT molecular complexity index is 225. The molecule has 0 aliphatic heterocycles. The molecule has 2 nitrogen and oxygen atoms in total. The van der Waals surface area contributed by atoms with Gasteiger partial charge in [0.25, 0.3) is 0 Å². The second-order valence-corrected chi connectivity index (χ2v) is 6.19. The summed E-state index contributed by atoms with van der Waals surface area (Å²) in [6.45, 7) is 0. The molecule has 0 heterocycles. The minimum atomic E-state index is 0.582. The van der Waals surface area contributed by atoms with Crippen LogP contribution in [0.5, 0.6) is 0 Å². The van der Waals surface area contributed by atoms with Gasteiger partial charge in [-0.15, -0.1) is 0 Å². The summed E-state index contributed by atoms with van der Waals surface area (Å²) in [7, 11) is 0. The molecule has 1 spiro atoms. The van der Waals surface area contributed by atoms with E-state index in [-0.39, 0.29) is 0 Å². The summed E-state index contributed by atoms with van der Waals surface area (Å²) in [6, 6.07) is 0. The zero-order valence-corrected chi connectivity index (χ0v) is 10.7. The van der Waals surface area contributed by atoms with Gasteiger partial charge in [0.2, 0.25) is 0 Å². The van der Waals surface area contributed by atoms with Crippen molar-refractivity contribution in [2.75, 3.05) is 0 Å². The molecule has 0 amide bonds. The zero-order chi connectivity index (χ0) is 12.1. The van der Waals surface area contributed by atoms with E-state index in [1.807, 2.05) is 0 Å². The van der Waals surface area contributed by atoms with Gasteiger partial charge in [-0.2, -0.15) is 0 Å². The minimum absolute atomic E-state index is 0.582. The molecule has 17 heavy (non-hydrogen) atoms. The zero-order valence-electron chi connectivity index (χ0n) is 10.7. The van der Waals surface area contributed by atoms with Gasteiger partial charge < -0.3 is 9.59 Å². The van der Waals surface area contributed by atoms with E-state index in [9.17, 15) is 9.59 Å². The highest BCUT2D eigenvalue weighted by Crippen LogP contribution is 2.50. The van der Waals surface area contributed by atoms with Crippen molar-refractivity contribution in [1.29, 1.82) is 0 Å². The van der Waals surface area contributed by atoms with Crippen LogP contribution >= 0.6 is 0 Å². The molecule has 96 valence electrons. The standard InChI is InChI=1S/C15H24O2/c16-11-5-13-1-7-15(8-2-13)9-3-14(4-10-15)6-12-17/h11-14H,1-10H2. The smallest absolute Gasteiger partial charge is 0.120 e. The van der Waals surface area contributed by atoms with Crippen LogP contribution in [-0.2, 0) is 9.59 Å². The number of carbonyl (C=O) groups excluding carboxylic acids is 2. The Kier molecular flexibility index (Phi) is 4.36. The Balaban J connectivity index is 1.79. The van der Waals surface area contributed by atoms with Gasteiger partial charge >= 0.3 is 0 Å². The first-order valence-electron chi connectivity index (χ1n) is 7.15. The van der Waals surface area contributed by atoms with Crippen LogP contribution < -0.4 is 0 Å². The van der Waals surface area contributed by atoms with E-state index in [0.717, 1.165) is 25.4 Å². The Morgan fingerprint density at radius 3 is 1.41 bits per heavy atom. The van der Waals surface area contributed by atoms with Gasteiger partial charge in [-0.25, -0.2) is 0 Å². The van der Waals surface area contributed by atoms with Gasteiger partial charge in [0.05, 0.1) is 0 Å². The molecule has 2 saturated carbocycles. The Hall–Kier alpha value is -0.660. The summed E-state index contributed by atoms with van der Waals surface area (Å²) >= 11 is 0. The van der Waals surface area contributed by atoms with Crippen molar-refractivity contribution in [2.45, 2.75) is 64.2 Å². The first-order chi connectivity index (χ1) is 8.28. The van der Waals surface area contributed by atoms with Crippen molar-refractivity contribution in [3.8, 4) is 0 Å². The molecule has 0 N–H and O–H groups in total. The summed E-state index contributed by atoms with van der Waals surface area (Å²) in [5, 5.41) is 0. The number of carbonyl (C=O) groups is 2. The fourth-order valence-corrected chi connectivity index (χ4v) is 3.82. The van der Waals surface area contributed by atoms with Crippen LogP contribution in [0.25, 0.3) is 0 Å². The molecule has 0 aromatic rings. The molecule has 2 fully saturated rings. The third-order valence-electron chi connectivity index (χ3n) is 5.19. The van der Waals surface area contributed by atoms with E-state index in [0.29, 0.717) is 17.3 Å². The van der Waals surface area contributed by atoms with Gasteiger partial charge in [0, 0.05) is 12.8 Å².